The smallest absolute Gasteiger partial charge is 0.352 e. The number of nitrogens with zero attached hydrogens (tertiary/aromatic N) is 2. The molecule has 130 valence electrons. The maximum Gasteiger partial charge on any atom is 0.352 e. The molecule has 0 unspecified atom stereocenters. The number of carbonyl (C=O) groups is 2. The van der Waals surface area contributed by atoms with E-state index in [0.717, 1.165) is 6.07 Å². The van der Waals surface area contributed by atoms with Gasteiger partial charge in [0.25, 0.3) is 26.1 Å². The van der Waals surface area contributed by atoms with Crippen molar-refractivity contribution in [3.63, 3.8) is 0 Å². The van der Waals surface area contributed by atoms with Gasteiger partial charge in [-0.1, -0.05) is 0 Å². The predicted octanol–water partition coefficient (Wildman–Crippen LogP) is -1.06. The lowest BCUT2D eigenvalue weighted by Crippen LogP contribution is -2.23. The summed E-state index contributed by atoms with van der Waals surface area (Å²) in [5.74, 6) is -2.47. The zero-order valence-electron chi connectivity index (χ0n) is 11.4. The van der Waals surface area contributed by atoms with Gasteiger partial charge in [0.05, 0.1) is 17.8 Å². The first-order valence-corrected chi connectivity index (χ1v) is 8.73. The number of carbonyl (C=O) groups excluding carboxylic acids is 1. The summed E-state index contributed by atoms with van der Waals surface area (Å²) < 4.78 is 63.7. The lowest BCUT2D eigenvalue weighted by Gasteiger charge is -2.17. The van der Waals surface area contributed by atoms with E-state index in [1.165, 1.54) is 0 Å². The number of carboxylic acid groups (broad SMARTS) is 1. The Morgan fingerprint density at radius 3 is 2.17 bits per heavy atom. The highest BCUT2D eigenvalue weighted by Gasteiger charge is 2.35. The molecule has 12 nitrogen and oxygen atoms in total. The van der Waals surface area contributed by atoms with Gasteiger partial charge in [0.15, 0.2) is 5.71 Å². The Hall–Kier alpha value is -2.55. The van der Waals surface area contributed by atoms with E-state index in [0.29, 0.717) is 11.1 Å². The van der Waals surface area contributed by atoms with E-state index in [1.54, 1.807) is 0 Å². The molecule has 0 bridgehead atoms. The Kier molecular flexibility index (Phi) is 4.09. The predicted molar refractivity (Wildman–Crippen MR) is 77.7 cm³/mol. The van der Waals surface area contributed by atoms with Crippen LogP contribution >= 0.6 is 0 Å². The van der Waals surface area contributed by atoms with Gasteiger partial charge in [-0.15, -0.1) is 0 Å². The van der Waals surface area contributed by atoms with Crippen LogP contribution in [0.25, 0.3) is 0 Å². The summed E-state index contributed by atoms with van der Waals surface area (Å²) >= 11 is 0. The second-order valence-electron chi connectivity index (χ2n) is 4.51. The van der Waals surface area contributed by atoms with E-state index in [1.807, 2.05) is 0 Å². The van der Waals surface area contributed by atoms with Crippen LogP contribution in [-0.4, -0.2) is 48.6 Å². The van der Waals surface area contributed by atoms with Crippen LogP contribution in [0.4, 0.5) is 11.4 Å². The fourth-order valence-corrected chi connectivity index (χ4v) is 3.46. The number of carboxylic acids is 1. The number of anilines is 2. The number of nitrogens with two attached hydrogens (primary N) is 1. The first kappa shape index (κ1) is 17.8. The molecule has 0 fully saturated rings. The molecular formula is C10H9N3O9S2. The van der Waals surface area contributed by atoms with Gasteiger partial charge in [-0.05, 0) is 12.1 Å². The van der Waals surface area contributed by atoms with Crippen LogP contribution in [0.1, 0.15) is 6.42 Å². The summed E-state index contributed by atoms with van der Waals surface area (Å²) in [6.45, 7) is 0. The van der Waals surface area contributed by atoms with Gasteiger partial charge < -0.3 is 10.8 Å². The van der Waals surface area contributed by atoms with Crippen LogP contribution < -0.4 is 10.7 Å². The zero-order valence-corrected chi connectivity index (χ0v) is 13.1. The average Bonchev–Trinajstić information content (AvgIpc) is 2.77. The number of hydrogen-bond donors (Lipinski definition) is 4. The maximum atomic E-state index is 11.8. The molecule has 0 aliphatic carbocycles. The summed E-state index contributed by atoms with van der Waals surface area (Å²) in [6, 6.07) is 1.41. The van der Waals surface area contributed by atoms with Crippen molar-refractivity contribution < 1.29 is 40.6 Å². The van der Waals surface area contributed by atoms with Crippen molar-refractivity contribution in [2.24, 2.45) is 5.10 Å². The van der Waals surface area contributed by atoms with Gasteiger partial charge in [0, 0.05) is 0 Å². The van der Waals surface area contributed by atoms with Gasteiger partial charge >= 0.3 is 5.97 Å². The lowest BCUT2D eigenvalue weighted by molar-refractivity contribution is -0.129. The van der Waals surface area contributed by atoms with Gasteiger partial charge in [-0.3, -0.25) is 13.9 Å². The molecule has 5 N–H and O–H groups in total. The average molecular weight is 379 g/mol. The van der Waals surface area contributed by atoms with Crippen LogP contribution in [0, 0.1) is 0 Å². The number of hydrogen-bond acceptors (Lipinski definition) is 8. The molecule has 0 aromatic heterocycles. The van der Waals surface area contributed by atoms with Crippen molar-refractivity contribution in [1.82, 2.24) is 0 Å². The number of nitrogen functional groups attached to an aromatic ring is 1. The number of benzene rings is 1. The molecule has 14 heteroatoms. The van der Waals surface area contributed by atoms with E-state index in [2.05, 4.69) is 5.10 Å². The highest BCUT2D eigenvalue weighted by molar-refractivity contribution is 7.87. The number of aliphatic carboxylic acids is 1. The normalized spacial score (nSPS) is 15.5. The quantitative estimate of drug-likeness (QED) is 0.368. The summed E-state index contributed by atoms with van der Waals surface area (Å²) in [5, 5.41) is 12.6. The second-order valence-corrected chi connectivity index (χ2v) is 7.26. The highest BCUT2D eigenvalue weighted by atomic mass is 32.2. The summed E-state index contributed by atoms with van der Waals surface area (Å²) in [4.78, 5) is 20.4. The Morgan fingerprint density at radius 1 is 1.17 bits per heavy atom. The Bertz CT molecular complexity index is 995. The van der Waals surface area contributed by atoms with Crippen molar-refractivity contribution in [2.75, 3.05) is 10.7 Å². The van der Waals surface area contributed by atoms with Crippen molar-refractivity contribution in [3.05, 3.63) is 12.1 Å². The van der Waals surface area contributed by atoms with E-state index in [-0.39, 0.29) is 0 Å². The van der Waals surface area contributed by atoms with Crippen molar-refractivity contribution in [2.45, 2.75) is 16.2 Å². The van der Waals surface area contributed by atoms with Gasteiger partial charge in [0.2, 0.25) is 0 Å². The summed E-state index contributed by atoms with van der Waals surface area (Å²) in [7, 11) is -10.1. The van der Waals surface area contributed by atoms with E-state index in [4.69, 9.17) is 15.4 Å². The number of amides is 1. The lowest BCUT2D eigenvalue weighted by atomic mass is 10.2. The molecule has 1 aromatic carbocycles. The standard InChI is InChI=1S/C10H9N3O9S2/c11-8-6(23(17,18)19)2-1-5(9(8)24(20,21)22)13-7(14)3-4(12-13)10(15)16/h1-2H,3,11H2,(H,15,16)(H,17,18,19)(H,20,21,22). The Morgan fingerprint density at radius 2 is 1.75 bits per heavy atom. The van der Waals surface area contributed by atoms with Gasteiger partial charge in [-0.2, -0.15) is 26.9 Å². The highest BCUT2D eigenvalue weighted by Crippen LogP contribution is 2.36. The molecule has 2 rings (SSSR count). The third-order valence-corrected chi connectivity index (χ3v) is 4.78. The first-order valence-electron chi connectivity index (χ1n) is 5.85. The Balaban J connectivity index is 2.80. The topological polar surface area (TPSA) is 205 Å². The fraction of sp³-hybridized carbons (Fsp3) is 0.100. The minimum Gasteiger partial charge on any atom is -0.477 e. The van der Waals surface area contributed by atoms with Crippen LogP contribution in [0.15, 0.2) is 27.0 Å². The number of hydrazone groups is 1. The molecule has 0 radical (unpaired) electrons. The van der Waals surface area contributed by atoms with Crippen LogP contribution in [-0.2, 0) is 29.8 Å². The molecule has 1 aromatic rings. The van der Waals surface area contributed by atoms with E-state index < -0.39 is 65.4 Å². The molecule has 1 aliphatic heterocycles. The minimum absolute atomic E-state index is 0.358. The molecule has 0 spiro atoms. The Labute approximate surface area is 134 Å². The molecule has 0 saturated heterocycles. The second kappa shape index (κ2) is 5.52. The van der Waals surface area contributed by atoms with E-state index >= 15 is 0 Å². The maximum absolute atomic E-state index is 11.8. The number of rotatable bonds is 4. The third kappa shape index (κ3) is 3.07. The fourth-order valence-electron chi connectivity index (χ4n) is 1.97. The molecule has 0 atom stereocenters. The molecular weight excluding hydrogens is 370 g/mol. The van der Waals surface area contributed by atoms with Crippen molar-refractivity contribution >= 4 is 49.2 Å². The molecule has 1 amide bonds. The monoisotopic (exact) mass is 379 g/mol. The van der Waals surface area contributed by atoms with Crippen molar-refractivity contribution in [3.8, 4) is 0 Å². The molecule has 1 aliphatic rings. The summed E-state index contributed by atoms with van der Waals surface area (Å²) in [5.41, 5.74) is 3.07. The SMILES string of the molecule is Nc1c(S(=O)(=O)O)ccc(N2N=C(C(=O)O)CC2=O)c1S(=O)(=O)O. The van der Waals surface area contributed by atoms with Crippen LogP contribution in [0.2, 0.25) is 0 Å². The van der Waals surface area contributed by atoms with Crippen LogP contribution in [0.3, 0.4) is 0 Å². The molecule has 24 heavy (non-hydrogen) atoms. The van der Waals surface area contributed by atoms with Gasteiger partial charge in [-0.25, -0.2) is 4.79 Å². The van der Waals surface area contributed by atoms with Crippen molar-refractivity contribution in [1.29, 1.82) is 0 Å². The van der Waals surface area contributed by atoms with E-state index in [9.17, 15) is 31.0 Å². The summed E-state index contributed by atoms with van der Waals surface area (Å²) in [6.07, 6.45) is -0.653. The minimum atomic E-state index is -5.16. The largest absolute Gasteiger partial charge is 0.477 e. The third-order valence-electron chi connectivity index (χ3n) is 2.92. The van der Waals surface area contributed by atoms with Gasteiger partial charge in [0.1, 0.15) is 9.79 Å². The molecule has 0 saturated carbocycles. The van der Waals surface area contributed by atoms with Crippen LogP contribution in [0.5, 0.6) is 0 Å². The zero-order chi connectivity index (χ0) is 18.4. The first-order chi connectivity index (χ1) is 10.8. The molecule has 1 heterocycles.